The fraction of sp³-hybridized carbons (Fsp3) is 0.333. The molecule has 1 aromatic heterocycles. The number of aromatic nitrogens is 1. The summed E-state index contributed by atoms with van der Waals surface area (Å²) < 4.78 is 5.51. The van der Waals surface area contributed by atoms with E-state index in [0.717, 1.165) is 56.1 Å². The first-order chi connectivity index (χ1) is 12.8. The number of carbonyl (C=O) groups is 1. The number of ether oxygens (including phenoxy) is 1. The summed E-state index contributed by atoms with van der Waals surface area (Å²) in [4.78, 5) is 18.9. The Morgan fingerprint density at radius 1 is 1.23 bits per heavy atom. The number of piperidine rings is 1. The van der Waals surface area contributed by atoms with Gasteiger partial charge in [0.05, 0.1) is 6.61 Å². The Kier molecular flexibility index (Phi) is 4.86. The molecule has 0 radical (unpaired) electrons. The quantitative estimate of drug-likeness (QED) is 0.863. The third kappa shape index (κ3) is 3.87. The highest BCUT2D eigenvalue weighted by Gasteiger charge is 2.20. The molecule has 0 bridgehead atoms. The van der Waals surface area contributed by atoms with Gasteiger partial charge in [-0.2, -0.15) is 0 Å². The summed E-state index contributed by atoms with van der Waals surface area (Å²) in [6.07, 6.45) is 8.13. The van der Waals surface area contributed by atoms with Crippen LogP contribution in [0.2, 0.25) is 0 Å². The van der Waals surface area contributed by atoms with Crippen LogP contribution in [-0.4, -0.2) is 36.6 Å². The van der Waals surface area contributed by atoms with Crippen LogP contribution in [0.15, 0.2) is 48.7 Å². The Balaban J connectivity index is 1.28. The van der Waals surface area contributed by atoms with Gasteiger partial charge in [0.25, 0.3) is 0 Å². The highest BCUT2D eigenvalue weighted by Crippen LogP contribution is 2.26. The lowest BCUT2D eigenvalue weighted by Gasteiger charge is -2.32. The first-order valence-corrected chi connectivity index (χ1v) is 9.18. The van der Waals surface area contributed by atoms with Gasteiger partial charge in [-0.25, -0.2) is 4.98 Å². The van der Waals surface area contributed by atoms with Gasteiger partial charge >= 0.3 is 0 Å². The maximum atomic E-state index is 12.2. The van der Waals surface area contributed by atoms with E-state index in [1.54, 1.807) is 6.08 Å². The largest absolute Gasteiger partial charge is 0.493 e. The maximum absolute atomic E-state index is 12.2. The van der Waals surface area contributed by atoms with Crippen LogP contribution < -0.4 is 15.0 Å². The minimum absolute atomic E-state index is 0.0296. The predicted octanol–water partition coefficient (Wildman–Crippen LogP) is 2.81. The van der Waals surface area contributed by atoms with Gasteiger partial charge in [-0.3, -0.25) is 4.79 Å². The number of carbonyl (C=O) groups excluding carboxylic acids is 1. The fourth-order valence-corrected chi connectivity index (χ4v) is 3.53. The highest BCUT2D eigenvalue weighted by atomic mass is 16.5. The van der Waals surface area contributed by atoms with Crippen molar-refractivity contribution in [2.45, 2.75) is 25.3 Å². The van der Waals surface area contributed by atoms with Crippen molar-refractivity contribution >= 4 is 17.8 Å². The van der Waals surface area contributed by atoms with Gasteiger partial charge in [0.2, 0.25) is 5.91 Å². The number of nitrogens with one attached hydrogen (secondary N) is 1. The smallest absolute Gasteiger partial charge is 0.244 e. The summed E-state index contributed by atoms with van der Waals surface area (Å²) in [5, 5.41) is 3.12. The molecule has 1 fully saturated rings. The number of pyridine rings is 1. The number of hydrogen-bond acceptors (Lipinski definition) is 4. The molecular weight excluding hydrogens is 326 g/mol. The van der Waals surface area contributed by atoms with E-state index >= 15 is 0 Å². The standard InChI is InChI=1S/C21H23N3O2/c25-21(7-5-16-4-6-19-17(15-16)10-14-26-19)23-18-8-12-24(13-9-18)20-3-1-2-11-22-20/h1-7,11,15,18H,8-10,12-14H2,(H,23,25). The van der Waals surface area contributed by atoms with Crippen LogP contribution in [-0.2, 0) is 11.2 Å². The van der Waals surface area contributed by atoms with Crippen molar-refractivity contribution in [2.75, 3.05) is 24.6 Å². The van der Waals surface area contributed by atoms with Gasteiger partial charge in [-0.15, -0.1) is 0 Å². The molecule has 1 aromatic carbocycles. The van der Waals surface area contributed by atoms with Crippen molar-refractivity contribution in [3.05, 3.63) is 59.8 Å². The molecule has 134 valence electrons. The molecule has 3 heterocycles. The molecule has 1 amide bonds. The normalized spacial score (nSPS) is 17.2. The zero-order valence-electron chi connectivity index (χ0n) is 14.7. The van der Waals surface area contributed by atoms with E-state index in [2.05, 4.69) is 21.3 Å². The predicted molar refractivity (Wildman–Crippen MR) is 102 cm³/mol. The number of benzene rings is 1. The van der Waals surface area contributed by atoms with Crippen molar-refractivity contribution in [1.29, 1.82) is 0 Å². The third-order valence-corrected chi connectivity index (χ3v) is 4.96. The molecule has 0 aliphatic carbocycles. The average Bonchev–Trinajstić information content (AvgIpc) is 3.15. The van der Waals surface area contributed by atoms with Gasteiger partial charge in [0.15, 0.2) is 0 Å². The highest BCUT2D eigenvalue weighted by molar-refractivity contribution is 5.92. The first-order valence-electron chi connectivity index (χ1n) is 9.18. The molecule has 26 heavy (non-hydrogen) atoms. The average molecular weight is 349 g/mol. The van der Waals surface area contributed by atoms with Crippen molar-refractivity contribution in [3.8, 4) is 5.75 Å². The number of rotatable bonds is 4. The van der Waals surface area contributed by atoms with Gasteiger partial charge in [-0.05, 0) is 54.3 Å². The summed E-state index contributed by atoms with van der Waals surface area (Å²) in [5.74, 6) is 1.95. The van der Waals surface area contributed by atoms with Gasteiger partial charge in [0.1, 0.15) is 11.6 Å². The molecule has 4 rings (SSSR count). The van der Waals surface area contributed by atoms with Gasteiger partial charge in [-0.1, -0.05) is 12.1 Å². The number of anilines is 1. The fourth-order valence-electron chi connectivity index (χ4n) is 3.53. The summed E-state index contributed by atoms with van der Waals surface area (Å²) in [6, 6.07) is 12.2. The van der Waals surface area contributed by atoms with E-state index in [9.17, 15) is 4.79 Å². The second-order valence-electron chi connectivity index (χ2n) is 6.76. The molecule has 0 atom stereocenters. The second-order valence-corrected chi connectivity index (χ2v) is 6.76. The van der Waals surface area contributed by atoms with Gasteiger partial charge in [0, 0.05) is 37.8 Å². The number of hydrogen-bond donors (Lipinski definition) is 1. The number of amides is 1. The van der Waals surface area contributed by atoms with E-state index in [1.165, 1.54) is 5.56 Å². The molecule has 2 aliphatic rings. The number of fused-ring (bicyclic) bond motifs is 1. The molecule has 0 saturated carbocycles. The molecule has 1 saturated heterocycles. The maximum Gasteiger partial charge on any atom is 0.244 e. The van der Waals surface area contributed by atoms with Crippen LogP contribution >= 0.6 is 0 Å². The molecule has 5 nitrogen and oxygen atoms in total. The summed E-state index contributed by atoms with van der Waals surface area (Å²) in [5.41, 5.74) is 2.25. The third-order valence-electron chi connectivity index (χ3n) is 4.96. The van der Waals surface area contributed by atoms with Crippen molar-refractivity contribution in [1.82, 2.24) is 10.3 Å². The van der Waals surface area contributed by atoms with Crippen molar-refractivity contribution in [2.24, 2.45) is 0 Å². The van der Waals surface area contributed by atoms with Crippen LogP contribution in [0.3, 0.4) is 0 Å². The zero-order chi connectivity index (χ0) is 17.8. The first kappa shape index (κ1) is 16.6. The summed E-state index contributed by atoms with van der Waals surface area (Å²) in [6.45, 7) is 2.58. The van der Waals surface area contributed by atoms with Gasteiger partial charge < -0.3 is 15.0 Å². The van der Waals surface area contributed by atoms with E-state index in [0.29, 0.717) is 0 Å². The van der Waals surface area contributed by atoms with Crippen molar-refractivity contribution < 1.29 is 9.53 Å². The Bertz CT molecular complexity index is 796. The molecule has 2 aromatic rings. The van der Waals surface area contributed by atoms with Crippen LogP contribution in [0.5, 0.6) is 5.75 Å². The monoisotopic (exact) mass is 349 g/mol. The van der Waals surface area contributed by atoms with Crippen LogP contribution in [0.1, 0.15) is 24.0 Å². The van der Waals surface area contributed by atoms with E-state index in [-0.39, 0.29) is 11.9 Å². The Morgan fingerprint density at radius 2 is 2.12 bits per heavy atom. The Labute approximate surface area is 153 Å². The summed E-state index contributed by atoms with van der Waals surface area (Å²) in [7, 11) is 0. The Hall–Kier alpha value is -2.82. The lowest BCUT2D eigenvalue weighted by atomic mass is 10.0. The molecule has 0 spiro atoms. The molecule has 2 aliphatic heterocycles. The lowest BCUT2D eigenvalue weighted by molar-refractivity contribution is -0.117. The van der Waals surface area contributed by atoms with Crippen LogP contribution in [0, 0.1) is 0 Å². The topological polar surface area (TPSA) is 54.5 Å². The van der Waals surface area contributed by atoms with Crippen molar-refractivity contribution in [3.63, 3.8) is 0 Å². The lowest BCUT2D eigenvalue weighted by Crippen LogP contribution is -2.44. The SMILES string of the molecule is O=C(C=Cc1ccc2c(c1)CCO2)NC1CCN(c2ccccn2)CC1. The zero-order valence-corrected chi connectivity index (χ0v) is 14.7. The van der Waals surface area contributed by atoms with E-state index < -0.39 is 0 Å². The molecule has 1 N–H and O–H groups in total. The van der Waals surface area contributed by atoms with Crippen LogP contribution in [0.4, 0.5) is 5.82 Å². The minimum atomic E-state index is -0.0296. The number of nitrogens with zero attached hydrogens (tertiary/aromatic N) is 2. The molecular formula is C21H23N3O2. The minimum Gasteiger partial charge on any atom is -0.493 e. The summed E-state index contributed by atoms with van der Waals surface area (Å²) >= 11 is 0. The Morgan fingerprint density at radius 3 is 2.92 bits per heavy atom. The van der Waals surface area contributed by atoms with E-state index in [1.807, 2.05) is 42.6 Å². The van der Waals surface area contributed by atoms with Crippen LogP contribution in [0.25, 0.3) is 6.08 Å². The molecule has 0 unspecified atom stereocenters. The second kappa shape index (κ2) is 7.60. The van der Waals surface area contributed by atoms with E-state index in [4.69, 9.17) is 4.74 Å². The molecule has 5 heteroatoms.